The van der Waals surface area contributed by atoms with Gasteiger partial charge >= 0.3 is 0 Å². The molecule has 1 aromatic rings. The molecule has 124 valence electrons. The molecule has 1 aliphatic rings. The van der Waals surface area contributed by atoms with E-state index in [0.717, 1.165) is 43.1 Å². The molecule has 0 unspecified atom stereocenters. The molecule has 0 aliphatic heterocycles. The van der Waals surface area contributed by atoms with Crippen molar-refractivity contribution in [2.45, 2.75) is 51.9 Å². The summed E-state index contributed by atoms with van der Waals surface area (Å²) in [5.41, 5.74) is 1.05. The molecule has 1 aromatic carbocycles. The van der Waals surface area contributed by atoms with E-state index in [0.29, 0.717) is 5.75 Å². The van der Waals surface area contributed by atoms with Gasteiger partial charge in [0.25, 0.3) is 0 Å². The summed E-state index contributed by atoms with van der Waals surface area (Å²) in [5, 5.41) is 0. The zero-order valence-corrected chi connectivity index (χ0v) is 14.6. The van der Waals surface area contributed by atoms with Gasteiger partial charge in [-0.05, 0) is 42.4 Å². The van der Waals surface area contributed by atoms with E-state index in [-0.39, 0.29) is 11.7 Å². The fraction of sp³-hybridized carbons (Fsp3) is 0.667. The molecule has 0 heterocycles. The minimum atomic E-state index is -2.96. The second-order valence-electron chi connectivity index (χ2n) is 6.52. The van der Waals surface area contributed by atoms with Crippen LogP contribution in [-0.4, -0.2) is 26.5 Å². The lowest BCUT2D eigenvalue weighted by molar-refractivity contribution is 0.302. The van der Waals surface area contributed by atoms with Crippen LogP contribution in [0.25, 0.3) is 0 Å². The minimum absolute atomic E-state index is 0.00818. The van der Waals surface area contributed by atoms with E-state index in [4.69, 9.17) is 4.74 Å². The van der Waals surface area contributed by atoms with Crippen molar-refractivity contribution >= 4 is 9.84 Å². The molecule has 4 heteroatoms. The molecule has 0 N–H and O–H groups in total. The number of hydrogen-bond donors (Lipinski definition) is 0. The maximum atomic E-state index is 12.1. The molecular formula is C18H28O3S. The van der Waals surface area contributed by atoms with Gasteiger partial charge in [-0.15, -0.1) is 0 Å². The molecule has 1 aliphatic carbocycles. The van der Waals surface area contributed by atoms with Gasteiger partial charge in [-0.1, -0.05) is 45.2 Å². The standard InChI is InChI=1S/C18H28O3S/c1-3-4-12-22(19,20)14-15(2)17-6-5-7-18(13-17)21-11-10-16-8-9-16/h5-7,13,15-16H,3-4,8-12,14H2,1-2H3/t15-/m0/s1. The average Bonchev–Trinajstić information content (AvgIpc) is 3.29. The van der Waals surface area contributed by atoms with Gasteiger partial charge in [-0.3, -0.25) is 0 Å². The van der Waals surface area contributed by atoms with E-state index in [2.05, 4.69) is 0 Å². The van der Waals surface area contributed by atoms with Crippen LogP contribution in [0.15, 0.2) is 24.3 Å². The lowest BCUT2D eigenvalue weighted by Gasteiger charge is -2.14. The molecule has 1 atom stereocenters. The van der Waals surface area contributed by atoms with Crippen LogP contribution in [0.1, 0.15) is 57.4 Å². The highest BCUT2D eigenvalue weighted by Crippen LogP contribution is 2.32. The summed E-state index contributed by atoms with van der Waals surface area (Å²) in [5.74, 6) is 2.25. The van der Waals surface area contributed by atoms with E-state index in [1.807, 2.05) is 38.1 Å². The van der Waals surface area contributed by atoms with Gasteiger partial charge in [0.2, 0.25) is 0 Å². The second-order valence-corrected chi connectivity index (χ2v) is 8.75. The van der Waals surface area contributed by atoms with Gasteiger partial charge in [0.1, 0.15) is 5.75 Å². The number of benzene rings is 1. The third-order valence-corrected chi connectivity index (χ3v) is 6.15. The Kier molecular flexibility index (Phi) is 6.30. The largest absolute Gasteiger partial charge is 0.494 e. The number of rotatable bonds is 10. The van der Waals surface area contributed by atoms with Crippen molar-refractivity contribution in [1.82, 2.24) is 0 Å². The van der Waals surface area contributed by atoms with Crippen molar-refractivity contribution in [3.63, 3.8) is 0 Å². The first-order chi connectivity index (χ1) is 10.5. The lowest BCUT2D eigenvalue weighted by Crippen LogP contribution is -2.16. The molecule has 0 radical (unpaired) electrons. The molecule has 3 nitrogen and oxygen atoms in total. The molecule has 0 bridgehead atoms. The van der Waals surface area contributed by atoms with Gasteiger partial charge < -0.3 is 4.74 Å². The van der Waals surface area contributed by atoms with Crippen LogP contribution >= 0.6 is 0 Å². The number of sulfone groups is 1. The summed E-state index contributed by atoms with van der Waals surface area (Å²) >= 11 is 0. The van der Waals surface area contributed by atoms with Gasteiger partial charge in [-0.2, -0.15) is 0 Å². The maximum absolute atomic E-state index is 12.1. The van der Waals surface area contributed by atoms with Crippen molar-refractivity contribution < 1.29 is 13.2 Å². The lowest BCUT2D eigenvalue weighted by atomic mass is 10.0. The predicted octanol–water partition coefficient (Wildman–Crippen LogP) is 4.18. The fourth-order valence-electron chi connectivity index (χ4n) is 2.59. The summed E-state index contributed by atoms with van der Waals surface area (Å²) in [4.78, 5) is 0. The SMILES string of the molecule is CCCCS(=O)(=O)C[C@H](C)c1cccc(OCCC2CC2)c1. The van der Waals surface area contributed by atoms with Crippen LogP contribution in [0.2, 0.25) is 0 Å². The third kappa shape index (κ3) is 5.99. The summed E-state index contributed by atoms with van der Waals surface area (Å²) < 4.78 is 30.0. The van der Waals surface area contributed by atoms with Crippen LogP contribution < -0.4 is 4.74 Å². The molecule has 1 fully saturated rings. The zero-order valence-electron chi connectivity index (χ0n) is 13.8. The highest BCUT2D eigenvalue weighted by Gasteiger charge is 2.21. The molecule has 0 aromatic heterocycles. The monoisotopic (exact) mass is 324 g/mol. The Morgan fingerprint density at radius 1 is 1.32 bits per heavy atom. The Bertz CT molecular complexity index is 561. The Labute approximate surface area is 135 Å². The number of ether oxygens (including phenoxy) is 1. The first kappa shape index (κ1) is 17.3. The van der Waals surface area contributed by atoms with E-state index >= 15 is 0 Å². The summed E-state index contributed by atoms with van der Waals surface area (Å²) in [6.07, 6.45) is 5.48. The van der Waals surface area contributed by atoms with Crippen LogP contribution in [0, 0.1) is 5.92 Å². The highest BCUT2D eigenvalue weighted by molar-refractivity contribution is 7.91. The van der Waals surface area contributed by atoms with Crippen LogP contribution in [0.5, 0.6) is 5.75 Å². The van der Waals surface area contributed by atoms with E-state index in [1.54, 1.807) is 0 Å². The topological polar surface area (TPSA) is 43.4 Å². The molecule has 2 rings (SSSR count). The summed E-state index contributed by atoms with van der Waals surface area (Å²) in [7, 11) is -2.96. The number of unbranched alkanes of at least 4 members (excludes halogenated alkanes) is 1. The minimum Gasteiger partial charge on any atom is -0.494 e. The normalized spacial score (nSPS) is 16.5. The fourth-order valence-corrected chi connectivity index (χ4v) is 4.43. The second kappa shape index (κ2) is 8.00. The number of hydrogen-bond acceptors (Lipinski definition) is 3. The first-order valence-electron chi connectivity index (χ1n) is 8.43. The smallest absolute Gasteiger partial charge is 0.150 e. The summed E-state index contributed by atoms with van der Waals surface area (Å²) in [6.45, 7) is 4.76. The van der Waals surface area contributed by atoms with Gasteiger partial charge in [0.15, 0.2) is 9.84 Å². The Morgan fingerprint density at radius 3 is 2.77 bits per heavy atom. The van der Waals surface area contributed by atoms with Crippen molar-refractivity contribution in [1.29, 1.82) is 0 Å². The van der Waals surface area contributed by atoms with Crippen molar-refractivity contribution in [3.8, 4) is 5.75 Å². The predicted molar refractivity (Wildman–Crippen MR) is 91.3 cm³/mol. The maximum Gasteiger partial charge on any atom is 0.150 e. The van der Waals surface area contributed by atoms with Crippen molar-refractivity contribution in [3.05, 3.63) is 29.8 Å². The van der Waals surface area contributed by atoms with E-state index < -0.39 is 9.84 Å². The molecular weight excluding hydrogens is 296 g/mol. The Hall–Kier alpha value is -1.03. The van der Waals surface area contributed by atoms with Crippen molar-refractivity contribution in [2.75, 3.05) is 18.1 Å². The Balaban J connectivity index is 1.89. The van der Waals surface area contributed by atoms with Crippen LogP contribution in [0.3, 0.4) is 0 Å². The van der Waals surface area contributed by atoms with Crippen LogP contribution in [0.4, 0.5) is 0 Å². The molecule has 1 saturated carbocycles. The van der Waals surface area contributed by atoms with Gasteiger partial charge in [0, 0.05) is 0 Å². The molecule has 22 heavy (non-hydrogen) atoms. The Morgan fingerprint density at radius 2 is 2.09 bits per heavy atom. The molecule has 0 amide bonds. The van der Waals surface area contributed by atoms with E-state index in [1.165, 1.54) is 12.8 Å². The third-order valence-electron chi connectivity index (χ3n) is 4.23. The van der Waals surface area contributed by atoms with Gasteiger partial charge in [-0.25, -0.2) is 8.42 Å². The average molecular weight is 324 g/mol. The van der Waals surface area contributed by atoms with Gasteiger partial charge in [0.05, 0.1) is 18.1 Å². The molecule has 0 saturated heterocycles. The van der Waals surface area contributed by atoms with E-state index in [9.17, 15) is 8.42 Å². The van der Waals surface area contributed by atoms with Crippen LogP contribution in [-0.2, 0) is 9.84 Å². The quantitative estimate of drug-likeness (QED) is 0.648. The zero-order chi connectivity index (χ0) is 16.0. The highest BCUT2D eigenvalue weighted by atomic mass is 32.2. The summed E-state index contributed by atoms with van der Waals surface area (Å²) in [6, 6.07) is 7.90. The molecule has 0 spiro atoms. The first-order valence-corrected chi connectivity index (χ1v) is 10.3. The van der Waals surface area contributed by atoms with Crippen molar-refractivity contribution in [2.24, 2.45) is 5.92 Å².